The van der Waals surface area contributed by atoms with Crippen LogP contribution in [0.5, 0.6) is 0 Å². The van der Waals surface area contributed by atoms with Gasteiger partial charge in [0, 0.05) is 18.8 Å². The number of carbonyl (C=O) groups is 2. The summed E-state index contributed by atoms with van der Waals surface area (Å²) in [5.41, 5.74) is 4.04. The molecule has 1 atom stereocenters. The van der Waals surface area contributed by atoms with E-state index in [0.29, 0.717) is 19.7 Å². The SMILES string of the molecule is Cc1cc(C)cc(NC(=O)CC2C(=O)OCCN2Cc2ccccc2)c1. The third kappa shape index (κ3) is 4.70. The van der Waals surface area contributed by atoms with Crippen LogP contribution < -0.4 is 5.32 Å². The van der Waals surface area contributed by atoms with Gasteiger partial charge >= 0.3 is 5.97 Å². The van der Waals surface area contributed by atoms with Crippen LogP contribution in [0.15, 0.2) is 48.5 Å². The van der Waals surface area contributed by atoms with Gasteiger partial charge in [0.15, 0.2) is 0 Å². The molecule has 1 N–H and O–H groups in total. The fourth-order valence-corrected chi connectivity index (χ4v) is 3.32. The normalized spacial score (nSPS) is 17.6. The number of morpholine rings is 1. The summed E-state index contributed by atoms with van der Waals surface area (Å²) < 4.78 is 5.19. The Morgan fingerprint density at radius 1 is 1.15 bits per heavy atom. The van der Waals surface area contributed by atoms with Crippen LogP contribution >= 0.6 is 0 Å². The van der Waals surface area contributed by atoms with Gasteiger partial charge in [-0.15, -0.1) is 0 Å². The molecule has 1 aliphatic heterocycles. The van der Waals surface area contributed by atoms with Crippen molar-refractivity contribution in [3.63, 3.8) is 0 Å². The number of rotatable bonds is 5. The zero-order valence-corrected chi connectivity index (χ0v) is 15.2. The smallest absolute Gasteiger partial charge is 0.323 e. The fraction of sp³-hybridized carbons (Fsp3) is 0.333. The summed E-state index contributed by atoms with van der Waals surface area (Å²) in [5, 5.41) is 2.90. The highest BCUT2D eigenvalue weighted by Gasteiger charge is 2.33. The summed E-state index contributed by atoms with van der Waals surface area (Å²) in [6.07, 6.45) is 0.0820. The quantitative estimate of drug-likeness (QED) is 0.840. The molecule has 26 heavy (non-hydrogen) atoms. The Kier molecular flexibility index (Phi) is 5.68. The minimum Gasteiger partial charge on any atom is -0.463 e. The maximum Gasteiger partial charge on any atom is 0.323 e. The monoisotopic (exact) mass is 352 g/mol. The number of hydrogen-bond donors (Lipinski definition) is 1. The first-order chi connectivity index (χ1) is 12.5. The molecule has 0 radical (unpaired) electrons. The molecule has 1 unspecified atom stereocenters. The Morgan fingerprint density at radius 2 is 1.85 bits per heavy atom. The van der Waals surface area contributed by atoms with Gasteiger partial charge < -0.3 is 10.1 Å². The highest BCUT2D eigenvalue weighted by atomic mass is 16.5. The molecule has 3 rings (SSSR count). The first-order valence-corrected chi connectivity index (χ1v) is 8.84. The molecule has 0 spiro atoms. The van der Waals surface area contributed by atoms with Gasteiger partial charge in [-0.05, 0) is 42.7 Å². The van der Waals surface area contributed by atoms with Crippen molar-refractivity contribution in [3.05, 3.63) is 65.2 Å². The summed E-state index contributed by atoms with van der Waals surface area (Å²) in [7, 11) is 0. The van der Waals surface area contributed by atoms with E-state index in [0.717, 1.165) is 22.4 Å². The summed E-state index contributed by atoms with van der Waals surface area (Å²) in [6, 6.07) is 15.3. The maximum atomic E-state index is 12.5. The molecule has 0 aliphatic carbocycles. The zero-order chi connectivity index (χ0) is 18.5. The van der Waals surface area contributed by atoms with E-state index in [9.17, 15) is 9.59 Å². The Hall–Kier alpha value is -2.66. The number of hydrogen-bond acceptors (Lipinski definition) is 4. The summed E-state index contributed by atoms with van der Waals surface area (Å²) >= 11 is 0. The van der Waals surface area contributed by atoms with Crippen molar-refractivity contribution in [1.29, 1.82) is 0 Å². The minimum atomic E-state index is -0.560. The Bertz CT molecular complexity index is 769. The molecular formula is C21H24N2O3. The van der Waals surface area contributed by atoms with E-state index in [4.69, 9.17) is 4.74 Å². The largest absolute Gasteiger partial charge is 0.463 e. The minimum absolute atomic E-state index is 0.0820. The van der Waals surface area contributed by atoms with Crippen molar-refractivity contribution in [1.82, 2.24) is 4.90 Å². The lowest BCUT2D eigenvalue weighted by molar-refractivity contribution is -0.159. The predicted molar refractivity (Wildman–Crippen MR) is 101 cm³/mol. The van der Waals surface area contributed by atoms with E-state index in [1.165, 1.54) is 0 Å². The molecule has 2 aromatic carbocycles. The van der Waals surface area contributed by atoms with Gasteiger partial charge in [0.2, 0.25) is 5.91 Å². The van der Waals surface area contributed by atoms with E-state index in [-0.39, 0.29) is 18.3 Å². The molecule has 1 amide bonds. The van der Waals surface area contributed by atoms with Crippen LogP contribution in [-0.2, 0) is 20.9 Å². The number of ether oxygens (including phenoxy) is 1. The number of benzene rings is 2. The first-order valence-electron chi connectivity index (χ1n) is 8.84. The predicted octanol–water partition coefficient (Wildman–Crippen LogP) is 3.06. The lowest BCUT2D eigenvalue weighted by Gasteiger charge is -2.33. The molecule has 1 saturated heterocycles. The molecule has 5 nitrogen and oxygen atoms in total. The summed E-state index contributed by atoms with van der Waals surface area (Å²) in [4.78, 5) is 26.8. The molecule has 1 heterocycles. The zero-order valence-electron chi connectivity index (χ0n) is 15.2. The number of amides is 1. The number of cyclic esters (lactones) is 1. The number of aryl methyl sites for hydroxylation is 2. The van der Waals surface area contributed by atoms with Crippen LogP contribution in [-0.4, -0.2) is 36.0 Å². The number of esters is 1. The Morgan fingerprint density at radius 3 is 2.54 bits per heavy atom. The fourth-order valence-electron chi connectivity index (χ4n) is 3.32. The number of nitrogens with zero attached hydrogens (tertiary/aromatic N) is 1. The average Bonchev–Trinajstić information content (AvgIpc) is 2.58. The van der Waals surface area contributed by atoms with E-state index in [2.05, 4.69) is 11.4 Å². The first kappa shape index (κ1) is 18.1. The van der Waals surface area contributed by atoms with Gasteiger partial charge in [0.25, 0.3) is 0 Å². The third-order valence-electron chi connectivity index (χ3n) is 4.45. The van der Waals surface area contributed by atoms with Crippen LogP contribution in [0, 0.1) is 13.8 Å². The molecule has 0 saturated carbocycles. The molecule has 0 aromatic heterocycles. The summed E-state index contributed by atoms with van der Waals surface area (Å²) in [6.45, 7) is 5.59. The van der Waals surface area contributed by atoms with Crippen molar-refractivity contribution in [2.24, 2.45) is 0 Å². The lowest BCUT2D eigenvalue weighted by Crippen LogP contribution is -2.49. The standard InChI is InChI=1S/C21H24N2O3/c1-15-10-16(2)12-18(11-15)22-20(24)13-19-21(25)26-9-8-23(19)14-17-6-4-3-5-7-17/h3-7,10-12,19H,8-9,13-14H2,1-2H3,(H,22,24). The maximum absolute atomic E-state index is 12.5. The summed E-state index contributed by atoms with van der Waals surface area (Å²) in [5.74, 6) is -0.514. The van der Waals surface area contributed by atoms with Gasteiger partial charge in [-0.25, -0.2) is 0 Å². The van der Waals surface area contributed by atoms with Crippen molar-refractivity contribution in [3.8, 4) is 0 Å². The van der Waals surface area contributed by atoms with Gasteiger partial charge in [0.05, 0.1) is 6.42 Å². The van der Waals surface area contributed by atoms with Gasteiger partial charge in [0.1, 0.15) is 12.6 Å². The second kappa shape index (κ2) is 8.15. The van der Waals surface area contributed by atoms with E-state index >= 15 is 0 Å². The second-order valence-electron chi connectivity index (χ2n) is 6.77. The highest BCUT2D eigenvalue weighted by Crippen LogP contribution is 2.18. The highest BCUT2D eigenvalue weighted by molar-refractivity contribution is 5.94. The van der Waals surface area contributed by atoms with E-state index in [1.54, 1.807) is 0 Å². The van der Waals surface area contributed by atoms with Crippen LogP contribution in [0.3, 0.4) is 0 Å². The van der Waals surface area contributed by atoms with Crippen LogP contribution in [0.25, 0.3) is 0 Å². The third-order valence-corrected chi connectivity index (χ3v) is 4.45. The number of nitrogens with one attached hydrogen (secondary N) is 1. The number of anilines is 1. The molecule has 0 bridgehead atoms. The molecule has 1 fully saturated rings. The Labute approximate surface area is 154 Å². The molecule has 5 heteroatoms. The van der Waals surface area contributed by atoms with Gasteiger partial charge in [-0.1, -0.05) is 36.4 Å². The van der Waals surface area contributed by atoms with Crippen molar-refractivity contribution < 1.29 is 14.3 Å². The molecule has 136 valence electrons. The Balaban J connectivity index is 1.68. The van der Waals surface area contributed by atoms with Crippen LogP contribution in [0.1, 0.15) is 23.1 Å². The lowest BCUT2D eigenvalue weighted by atomic mass is 10.1. The van der Waals surface area contributed by atoms with E-state index in [1.807, 2.05) is 61.2 Å². The van der Waals surface area contributed by atoms with Crippen molar-refractivity contribution in [2.75, 3.05) is 18.5 Å². The van der Waals surface area contributed by atoms with Crippen molar-refractivity contribution in [2.45, 2.75) is 32.9 Å². The molecule has 2 aromatic rings. The molecule has 1 aliphatic rings. The van der Waals surface area contributed by atoms with E-state index < -0.39 is 6.04 Å². The topological polar surface area (TPSA) is 58.6 Å². The molecular weight excluding hydrogens is 328 g/mol. The van der Waals surface area contributed by atoms with Gasteiger partial charge in [-0.2, -0.15) is 0 Å². The van der Waals surface area contributed by atoms with Crippen LogP contribution in [0.4, 0.5) is 5.69 Å². The number of carbonyl (C=O) groups excluding carboxylic acids is 2. The van der Waals surface area contributed by atoms with Gasteiger partial charge in [-0.3, -0.25) is 14.5 Å². The van der Waals surface area contributed by atoms with Crippen molar-refractivity contribution >= 4 is 17.6 Å². The average molecular weight is 352 g/mol. The van der Waals surface area contributed by atoms with Crippen LogP contribution in [0.2, 0.25) is 0 Å². The second-order valence-corrected chi connectivity index (χ2v) is 6.77.